The van der Waals surface area contributed by atoms with E-state index in [1.165, 1.54) is 30.3 Å². The van der Waals surface area contributed by atoms with Crippen molar-refractivity contribution in [3.8, 4) is 0 Å². The summed E-state index contributed by atoms with van der Waals surface area (Å²) >= 11 is 0. The molecule has 4 aromatic rings. The number of carbonyl (C=O) groups excluding carboxylic acids is 5. The van der Waals surface area contributed by atoms with Crippen molar-refractivity contribution in [3.05, 3.63) is 137 Å². The lowest BCUT2D eigenvalue weighted by molar-refractivity contribution is -0.139. The van der Waals surface area contributed by atoms with Gasteiger partial charge in [-0.3, -0.25) is 19.2 Å². The molecular weight excluding hydrogens is 556 g/mol. The highest BCUT2D eigenvalue weighted by Crippen LogP contribution is 2.40. The van der Waals surface area contributed by atoms with Crippen LogP contribution >= 0.6 is 0 Å². The Labute approximate surface area is 252 Å². The standard InChI is InChI=1S/C36H24N2O6/c1-2-6-30(39)44-20-21-7-5-10-25(19-21)38-35(42)28-17-15-26-31-27(16-18-29(32(28)31)36(38)43)34(41)37(33(26)40)24-13-11-23(12-14-24)22-8-3-4-9-22/h2-3,5-19H,4,20H2,1H3/b6-2+. The zero-order valence-electron chi connectivity index (χ0n) is 23.6. The molecule has 0 radical (unpaired) electrons. The van der Waals surface area contributed by atoms with Gasteiger partial charge in [0.25, 0.3) is 23.6 Å². The topological polar surface area (TPSA) is 101 Å². The molecule has 2 heterocycles. The average molecular weight is 581 g/mol. The second kappa shape index (κ2) is 10.4. The Morgan fingerprint density at radius 2 is 1.32 bits per heavy atom. The van der Waals surface area contributed by atoms with E-state index in [4.69, 9.17) is 4.74 Å². The Morgan fingerprint density at radius 3 is 1.84 bits per heavy atom. The summed E-state index contributed by atoms with van der Waals surface area (Å²) in [4.78, 5) is 69.2. The first-order valence-electron chi connectivity index (χ1n) is 14.1. The van der Waals surface area contributed by atoms with Crippen LogP contribution in [0.3, 0.4) is 0 Å². The van der Waals surface area contributed by atoms with Crippen molar-refractivity contribution < 1.29 is 28.7 Å². The van der Waals surface area contributed by atoms with E-state index in [9.17, 15) is 24.0 Å². The monoisotopic (exact) mass is 580 g/mol. The molecule has 0 aromatic heterocycles. The third-order valence-electron chi connectivity index (χ3n) is 7.98. The van der Waals surface area contributed by atoms with E-state index in [0.717, 1.165) is 27.4 Å². The minimum absolute atomic E-state index is 0.0372. The van der Waals surface area contributed by atoms with Gasteiger partial charge in [0.05, 0.1) is 11.4 Å². The number of esters is 1. The first-order chi connectivity index (χ1) is 21.4. The van der Waals surface area contributed by atoms with Crippen LogP contribution in [0.5, 0.6) is 0 Å². The molecule has 1 aliphatic carbocycles. The summed E-state index contributed by atoms with van der Waals surface area (Å²) in [5, 5.41) is 0.592. The molecule has 0 spiro atoms. The molecule has 214 valence electrons. The molecule has 0 fully saturated rings. The summed E-state index contributed by atoms with van der Waals surface area (Å²) in [6.07, 6.45) is 9.94. The van der Waals surface area contributed by atoms with E-state index >= 15 is 0 Å². The summed E-state index contributed by atoms with van der Waals surface area (Å²) < 4.78 is 5.22. The third kappa shape index (κ3) is 4.19. The molecule has 8 nitrogen and oxygen atoms in total. The number of benzene rings is 4. The van der Waals surface area contributed by atoms with E-state index in [2.05, 4.69) is 12.2 Å². The van der Waals surface area contributed by atoms with Gasteiger partial charge in [0.2, 0.25) is 0 Å². The summed E-state index contributed by atoms with van der Waals surface area (Å²) in [6, 6.07) is 20.0. The number of rotatable bonds is 6. The Balaban J connectivity index is 1.25. The maximum absolute atomic E-state index is 13.8. The van der Waals surface area contributed by atoms with Gasteiger partial charge >= 0.3 is 5.97 Å². The molecule has 7 rings (SSSR count). The second-order valence-electron chi connectivity index (χ2n) is 10.6. The molecule has 44 heavy (non-hydrogen) atoms. The zero-order valence-corrected chi connectivity index (χ0v) is 23.6. The van der Waals surface area contributed by atoms with Gasteiger partial charge < -0.3 is 4.74 Å². The number of hydrogen-bond acceptors (Lipinski definition) is 6. The van der Waals surface area contributed by atoms with Crippen LogP contribution in [0.15, 0.2) is 103 Å². The average Bonchev–Trinajstić information content (AvgIpc) is 3.58. The van der Waals surface area contributed by atoms with Gasteiger partial charge in [-0.15, -0.1) is 0 Å². The number of carbonyl (C=O) groups is 5. The molecule has 0 unspecified atom stereocenters. The maximum atomic E-state index is 13.8. The van der Waals surface area contributed by atoms with Gasteiger partial charge in [-0.05, 0) is 78.6 Å². The lowest BCUT2D eigenvalue weighted by Gasteiger charge is -2.32. The van der Waals surface area contributed by atoms with Crippen LogP contribution < -0.4 is 9.80 Å². The fraction of sp³-hybridized carbons (Fsp3) is 0.0833. The molecule has 3 aliphatic rings. The number of hydrogen-bond donors (Lipinski definition) is 0. The molecule has 8 heteroatoms. The minimum atomic E-state index is -0.581. The number of anilines is 2. The van der Waals surface area contributed by atoms with Crippen molar-refractivity contribution >= 4 is 57.3 Å². The Hall–Kier alpha value is -5.89. The van der Waals surface area contributed by atoms with Crippen molar-refractivity contribution in [1.29, 1.82) is 0 Å². The Morgan fingerprint density at radius 1 is 0.750 bits per heavy atom. The Kier molecular flexibility index (Phi) is 6.39. The van der Waals surface area contributed by atoms with Crippen molar-refractivity contribution in [1.82, 2.24) is 0 Å². The lowest BCUT2D eigenvalue weighted by atomic mass is 9.85. The summed E-state index contributed by atoms with van der Waals surface area (Å²) in [7, 11) is 0. The van der Waals surface area contributed by atoms with Crippen LogP contribution in [-0.4, -0.2) is 29.6 Å². The van der Waals surface area contributed by atoms with Crippen molar-refractivity contribution in [2.24, 2.45) is 0 Å². The fourth-order valence-electron chi connectivity index (χ4n) is 5.94. The highest BCUT2D eigenvalue weighted by Gasteiger charge is 2.40. The van der Waals surface area contributed by atoms with Gasteiger partial charge in [-0.2, -0.15) is 0 Å². The quantitative estimate of drug-likeness (QED) is 0.149. The van der Waals surface area contributed by atoms with Crippen LogP contribution in [-0.2, 0) is 16.1 Å². The predicted octanol–water partition coefficient (Wildman–Crippen LogP) is 6.40. The molecule has 0 atom stereocenters. The van der Waals surface area contributed by atoms with Crippen molar-refractivity contribution in [3.63, 3.8) is 0 Å². The minimum Gasteiger partial charge on any atom is -0.458 e. The summed E-state index contributed by atoms with van der Waals surface area (Å²) in [5.41, 5.74) is 4.31. The predicted molar refractivity (Wildman–Crippen MR) is 165 cm³/mol. The molecule has 0 N–H and O–H groups in total. The van der Waals surface area contributed by atoms with E-state index in [1.807, 2.05) is 18.2 Å². The summed E-state index contributed by atoms with van der Waals surface area (Å²) in [5.74, 6) is -2.72. The SMILES string of the molecule is C/C=C/C(=O)OCc1cccc(N2C(=O)c3ccc4c5c(ccc(c35)C2=O)C(=O)N(c2ccc(C3=CCC=C3)cc2)C4=O)c1. The van der Waals surface area contributed by atoms with Gasteiger partial charge in [0.1, 0.15) is 6.61 Å². The van der Waals surface area contributed by atoms with Crippen LogP contribution in [0.2, 0.25) is 0 Å². The molecule has 0 saturated heterocycles. The number of allylic oxidation sites excluding steroid dienone is 5. The van der Waals surface area contributed by atoms with Crippen LogP contribution in [0.25, 0.3) is 16.3 Å². The van der Waals surface area contributed by atoms with Crippen molar-refractivity contribution in [2.45, 2.75) is 20.0 Å². The molecule has 4 aromatic carbocycles. The number of imide groups is 2. The van der Waals surface area contributed by atoms with E-state index < -0.39 is 29.6 Å². The number of amides is 4. The third-order valence-corrected chi connectivity index (χ3v) is 7.98. The van der Waals surface area contributed by atoms with E-state index in [0.29, 0.717) is 27.7 Å². The lowest BCUT2D eigenvalue weighted by Crippen LogP contribution is -2.43. The molecule has 2 aliphatic heterocycles. The zero-order chi connectivity index (χ0) is 30.5. The summed E-state index contributed by atoms with van der Waals surface area (Å²) in [6.45, 7) is 1.67. The normalized spacial score (nSPS) is 15.5. The first kappa shape index (κ1) is 27.0. The molecule has 4 amide bonds. The molecular formula is C36H24N2O6. The van der Waals surface area contributed by atoms with Crippen LogP contribution in [0.1, 0.15) is 65.9 Å². The van der Waals surface area contributed by atoms with E-state index in [-0.39, 0.29) is 28.9 Å². The maximum Gasteiger partial charge on any atom is 0.330 e. The fourth-order valence-corrected chi connectivity index (χ4v) is 5.94. The highest BCUT2D eigenvalue weighted by molar-refractivity contribution is 6.42. The first-order valence-corrected chi connectivity index (χ1v) is 14.1. The van der Waals surface area contributed by atoms with Crippen LogP contribution in [0.4, 0.5) is 11.4 Å². The molecule has 0 bridgehead atoms. The largest absolute Gasteiger partial charge is 0.458 e. The highest BCUT2D eigenvalue weighted by atomic mass is 16.5. The number of ether oxygens (including phenoxy) is 1. The smallest absolute Gasteiger partial charge is 0.330 e. The van der Waals surface area contributed by atoms with E-state index in [1.54, 1.807) is 49.4 Å². The van der Waals surface area contributed by atoms with Gasteiger partial charge in [0.15, 0.2) is 0 Å². The van der Waals surface area contributed by atoms with Crippen LogP contribution in [0, 0.1) is 0 Å². The van der Waals surface area contributed by atoms with Gasteiger partial charge in [-0.25, -0.2) is 14.6 Å². The number of nitrogens with zero attached hydrogens (tertiary/aromatic N) is 2. The van der Waals surface area contributed by atoms with Gasteiger partial charge in [0, 0.05) is 39.1 Å². The van der Waals surface area contributed by atoms with Gasteiger partial charge in [-0.1, -0.05) is 48.6 Å². The van der Waals surface area contributed by atoms with Crippen molar-refractivity contribution in [2.75, 3.05) is 9.80 Å². The second-order valence-corrected chi connectivity index (χ2v) is 10.6. The molecule has 0 saturated carbocycles. The Bertz CT molecular complexity index is 1980.